The highest BCUT2D eigenvalue weighted by molar-refractivity contribution is 5.76. The molecule has 14 heteroatoms. The monoisotopic (exact) mass is 1120 g/mol. The summed E-state index contributed by atoms with van der Waals surface area (Å²) in [5.41, 5.74) is 0. The van der Waals surface area contributed by atoms with E-state index in [1.165, 1.54) is 0 Å². The van der Waals surface area contributed by atoms with Crippen LogP contribution in [-0.2, 0) is 23.7 Å². The van der Waals surface area contributed by atoms with Crippen LogP contribution < -0.4 is 5.32 Å². The Kier molecular flexibility index (Phi) is 44.1. The van der Waals surface area contributed by atoms with E-state index in [0.717, 1.165) is 128 Å². The Balaban J connectivity index is 1.57. The number of ether oxygens (including phenoxy) is 4. The number of hydrogen-bond donors (Lipinski definition) is 9. The van der Waals surface area contributed by atoms with Gasteiger partial charge in [-0.1, -0.05) is 198 Å². The number of aliphatic hydroxyl groups is 8. The number of carbonyl (C=O) groups is 1. The van der Waals surface area contributed by atoms with Crippen molar-refractivity contribution in [3.63, 3.8) is 0 Å². The van der Waals surface area contributed by atoms with Gasteiger partial charge < -0.3 is 65.1 Å². The highest BCUT2D eigenvalue weighted by Gasteiger charge is 2.51. The molecule has 2 aliphatic heterocycles. The topological polar surface area (TPSA) is 228 Å². The SMILES string of the molecule is CC/C=C\C/C=C\C/C=C\C/C=C\C/C=C\C/C=C\C/C=C\C/C=C\C/C=C\C/C=C\C/C=C\C/C=C\CCCCCCC(=O)NC(COC1OC(CO)C(OC2OC(CO)C(O)C(O)C2O)C(O)C1O)C(O)/C=C/CCCCC. The van der Waals surface area contributed by atoms with Crippen LogP contribution in [0.2, 0.25) is 0 Å². The van der Waals surface area contributed by atoms with Gasteiger partial charge in [0.15, 0.2) is 12.6 Å². The molecule has 0 spiro atoms. The third-order valence-electron chi connectivity index (χ3n) is 13.2. The molecular weight excluding hydrogens is 1010 g/mol. The molecule has 12 unspecified atom stereocenters. The zero-order valence-electron chi connectivity index (χ0n) is 48.2. The summed E-state index contributed by atoms with van der Waals surface area (Å²) >= 11 is 0. The molecule has 12 atom stereocenters. The van der Waals surface area contributed by atoms with Crippen LogP contribution in [0.5, 0.6) is 0 Å². The Hall–Kier alpha value is -4.39. The lowest BCUT2D eigenvalue weighted by molar-refractivity contribution is -0.359. The van der Waals surface area contributed by atoms with Crippen LogP contribution in [0.1, 0.15) is 155 Å². The molecule has 2 rings (SSSR count). The van der Waals surface area contributed by atoms with Crippen molar-refractivity contribution in [1.29, 1.82) is 0 Å². The molecule has 0 aromatic carbocycles. The summed E-state index contributed by atoms with van der Waals surface area (Å²) < 4.78 is 22.6. The zero-order valence-corrected chi connectivity index (χ0v) is 48.2. The van der Waals surface area contributed by atoms with Gasteiger partial charge in [0.1, 0.15) is 48.8 Å². The first-order valence-electron chi connectivity index (χ1n) is 29.7. The summed E-state index contributed by atoms with van der Waals surface area (Å²) in [7, 11) is 0. The van der Waals surface area contributed by atoms with Crippen molar-refractivity contribution in [3.05, 3.63) is 158 Å². The van der Waals surface area contributed by atoms with Gasteiger partial charge >= 0.3 is 0 Å². The van der Waals surface area contributed by atoms with E-state index >= 15 is 0 Å². The molecule has 9 N–H and O–H groups in total. The summed E-state index contributed by atoms with van der Waals surface area (Å²) in [5.74, 6) is -0.280. The summed E-state index contributed by atoms with van der Waals surface area (Å²) in [6.07, 6.45) is 59.4. The van der Waals surface area contributed by atoms with E-state index in [0.29, 0.717) is 6.42 Å². The van der Waals surface area contributed by atoms with Gasteiger partial charge in [0, 0.05) is 6.42 Å². The highest BCUT2D eigenvalue weighted by Crippen LogP contribution is 2.30. The Bertz CT molecular complexity index is 1940. The summed E-state index contributed by atoms with van der Waals surface area (Å²) in [5, 5.41) is 86.3. The molecule has 0 radical (unpaired) electrons. The van der Waals surface area contributed by atoms with E-state index in [1.54, 1.807) is 6.08 Å². The van der Waals surface area contributed by atoms with Crippen LogP contribution in [0, 0.1) is 0 Å². The molecular formula is C66H103NO13. The number of rotatable bonds is 44. The van der Waals surface area contributed by atoms with Gasteiger partial charge in [-0.2, -0.15) is 0 Å². The van der Waals surface area contributed by atoms with Crippen LogP contribution in [0.4, 0.5) is 0 Å². The molecule has 0 aliphatic carbocycles. The second kappa shape index (κ2) is 49.2. The molecule has 450 valence electrons. The van der Waals surface area contributed by atoms with Gasteiger partial charge in [-0.15, -0.1) is 0 Å². The predicted molar refractivity (Wildman–Crippen MR) is 322 cm³/mol. The number of amides is 1. The molecule has 2 saturated heterocycles. The number of aliphatic hydroxyl groups excluding tert-OH is 8. The van der Waals surface area contributed by atoms with Gasteiger partial charge in [0.05, 0.1) is 32.0 Å². The van der Waals surface area contributed by atoms with Crippen molar-refractivity contribution in [1.82, 2.24) is 5.32 Å². The number of unbranched alkanes of at least 4 members (excludes halogenated alkanes) is 7. The second-order valence-corrected chi connectivity index (χ2v) is 20.0. The molecule has 0 aromatic rings. The maximum Gasteiger partial charge on any atom is 0.220 e. The standard InChI is InChI=1S/C66H103NO13/c1-3-5-7-9-10-11-12-13-14-15-16-17-18-19-20-21-22-23-24-25-26-27-28-29-30-31-32-33-34-35-36-37-38-39-40-41-42-43-44-46-48-50-58(71)67-54(55(70)49-47-45-8-6-4-2)53-77-65-63(76)61(74)64(57(52-69)79-65)80-66-62(75)60(73)59(72)56(51-68)78-66/h5,7,10-11,13-14,16-17,19-20,22-23,25-26,28-29,31-32,34-35,37-38,40-41,47,49,54-57,59-66,68-70,72-76H,3-4,6,8-9,12,15,18,21,24,27,30,33,36,39,42-46,48,50-53H2,1-2H3,(H,67,71)/b7-5-,11-10-,14-13-,17-16-,20-19-,23-22-,26-25-,29-28-,32-31-,35-34-,38-37-,41-40-,49-47+. The number of hydrogen-bond acceptors (Lipinski definition) is 13. The van der Waals surface area contributed by atoms with Crippen molar-refractivity contribution < 1.29 is 64.6 Å². The number of allylic oxidation sites excluding steroid dienone is 25. The Morgan fingerprint density at radius 2 is 0.863 bits per heavy atom. The molecule has 2 aliphatic rings. The number of nitrogens with one attached hydrogen (secondary N) is 1. The van der Waals surface area contributed by atoms with Crippen molar-refractivity contribution >= 4 is 5.91 Å². The fraction of sp³-hybridized carbons (Fsp3) is 0.591. The molecule has 1 amide bonds. The van der Waals surface area contributed by atoms with Crippen molar-refractivity contribution in [2.24, 2.45) is 0 Å². The van der Waals surface area contributed by atoms with Crippen LogP contribution in [0.25, 0.3) is 0 Å². The Morgan fingerprint density at radius 1 is 0.463 bits per heavy atom. The van der Waals surface area contributed by atoms with E-state index in [1.807, 2.05) is 6.08 Å². The minimum Gasteiger partial charge on any atom is -0.394 e. The fourth-order valence-electron chi connectivity index (χ4n) is 8.45. The Morgan fingerprint density at radius 3 is 1.31 bits per heavy atom. The minimum absolute atomic E-state index is 0.239. The third kappa shape index (κ3) is 34.1. The largest absolute Gasteiger partial charge is 0.394 e. The lowest BCUT2D eigenvalue weighted by atomic mass is 9.97. The van der Waals surface area contributed by atoms with Gasteiger partial charge in [0.25, 0.3) is 0 Å². The van der Waals surface area contributed by atoms with Crippen molar-refractivity contribution in [2.75, 3.05) is 19.8 Å². The normalized spacial score (nSPS) is 25.4. The van der Waals surface area contributed by atoms with Crippen molar-refractivity contribution in [2.45, 2.75) is 229 Å². The molecule has 14 nitrogen and oxygen atoms in total. The summed E-state index contributed by atoms with van der Waals surface area (Å²) in [6, 6.07) is -0.936. The van der Waals surface area contributed by atoms with Crippen molar-refractivity contribution in [3.8, 4) is 0 Å². The van der Waals surface area contributed by atoms with Crippen LogP contribution in [0.15, 0.2) is 158 Å². The quantitative estimate of drug-likeness (QED) is 0.0205. The minimum atomic E-state index is -1.80. The molecule has 0 saturated carbocycles. The third-order valence-corrected chi connectivity index (χ3v) is 13.2. The highest BCUT2D eigenvalue weighted by atomic mass is 16.7. The van der Waals surface area contributed by atoms with Crippen LogP contribution >= 0.6 is 0 Å². The smallest absolute Gasteiger partial charge is 0.220 e. The van der Waals surface area contributed by atoms with Crippen LogP contribution in [0.3, 0.4) is 0 Å². The summed E-state index contributed by atoms with van der Waals surface area (Å²) in [6.45, 7) is 2.49. The predicted octanol–water partition coefficient (Wildman–Crippen LogP) is 10.3. The maximum absolute atomic E-state index is 13.1. The number of carbonyl (C=O) groups excluding carboxylic acids is 1. The average Bonchev–Trinajstić information content (AvgIpc) is 3.49. The second-order valence-electron chi connectivity index (χ2n) is 20.0. The van der Waals surface area contributed by atoms with Gasteiger partial charge in [0.2, 0.25) is 5.91 Å². The lowest BCUT2D eigenvalue weighted by Crippen LogP contribution is -2.65. The molecule has 2 heterocycles. The van der Waals surface area contributed by atoms with Gasteiger partial charge in [-0.05, 0) is 109 Å². The van der Waals surface area contributed by atoms with E-state index in [4.69, 9.17) is 18.9 Å². The van der Waals surface area contributed by atoms with E-state index in [2.05, 4.69) is 165 Å². The molecule has 0 bridgehead atoms. The van der Waals surface area contributed by atoms with E-state index in [-0.39, 0.29) is 18.9 Å². The van der Waals surface area contributed by atoms with Crippen LogP contribution in [-0.4, -0.2) is 140 Å². The first-order chi connectivity index (χ1) is 39.1. The Labute approximate surface area is 480 Å². The zero-order chi connectivity index (χ0) is 58.1. The van der Waals surface area contributed by atoms with E-state index in [9.17, 15) is 45.6 Å². The molecule has 0 aromatic heterocycles. The van der Waals surface area contributed by atoms with Gasteiger partial charge in [-0.3, -0.25) is 4.79 Å². The summed E-state index contributed by atoms with van der Waals surface area (Å²) in [4.78, 5) is 13.1. The lowest BCUT2D eigenvalue weighted by Gasteiger charge is -2.46. The maximum atomic E-state index is 13.1. The first-order valence-corrected chi connectivity index (χ1v) is 29.7. The van der Waals surface area contributed by atoms with Gasteiger partial charge in [-0.25, -0.2) is 0 Å². The molecule has 80 heavy (non-hydrogen) atoms. The first kappa shape index (κ1) is 71.7. The molecule has 2 fully saturated rings. The fourth-order valence-corrected chi connectivity index (χ4v) is 8.45. The van der Waals surface area contributed by atoms with E-state index < -0.39 is 86.8 Å². The average molecular weight is 1120 g/mol.